The fraction of sp³-hybridized carbons (Fsp3) is 0.310. The third-order valence-corrected chi connectivity index (χ3v) is 8.74. The second-order valence-electron chi connectivity index (χ2n) is 9.63. The lowest BCUT2D eigenvalue weighted by atomic mass is 10.1. The highest BCUT2D eigenvalue weighted by Crippen LogP contribution is 2.28. The molecule has 214 valence electrons. The SMILES string of the molecule is CC[C@H](C(=O)NCC(C)C)N(Cc1ccc(Cl)cc1Cl)C(=O)CN(c1cccc(Cl)c1)S(=O)(=O)c1ccccc1. The molecule has 3 aromatic rings. The molecule has 0 fully saturated rings. The number of sulfonamides is 1. The van der Waals surface area contributed by atoms with Gasteiger partial charge in [-0.1, -0.05) is 85.9 Å². The highest BCUT2D eigenvalue weighted by Gasteiger charge is 2.34. The molecule has 3 aromatic carbocycles. The van der Waals surface area contributed by atoms with Crippen molar-refractivity contribution in [1.29, 1.82) is 0 Å². The van der Waals surface area contributed by atoms with E-state index in [0.29, 0.717) is 33.6 Å². The lowest BCUT2D eigenvalue weighted by molar-refractivity contribution is -0.140. The summed E-state index contributed by atoms with van der Waals surface area (Å²) in [6, 6.07) is 18.1. The van der Waals surface area contributed by atoms with Crippen LogP contribution in [0.1, 0.15) is 32.8 Å². The molecule has 1 N–H and O–H groups in total. The van der Waals surface area contributed by atoms with Gasteiger partial charge in [0.2, 0.25) is 11.8 Å². The lowest BCUT2D eigenvalue weighted by Gasteiger charge is -2.33. The quantitative estimate of drug-likeness (QED) is 0.252. The number of anilines is 1. The molecular formula is C29H32Cl3N3O4S. The molecule has 0 radical (unpaired) electrons. The average molecular weight is 625 g/mol. The van der Waals surface area contributed by atoms with E-state index in [4.69, 9.17) is 34.8 Å². The molecule has 7 nitrogen and oxygen atoms in total. The maximum atomic E-state index is 14.1. The van der Waals surface area contributed by atoms with Gasteiger partial charge in [-0.25, -0.2) is 8.42 Å². The lowest BCUT2D eigenvalue weighted by Crippen LogP contribution is -2.52. The van der Waals surface area contributed by atoms with Gasteiger partial charge in [-0.3, -0.25) is 13.9 Å². The van der Waals surface area contributed by atoms with Crippen LogP contribution in [-0.4, -0.2) is 44.3 Å². The third kappa shape index (κ3) is 8.13. The summed E-state index contributed by atoms with van der Waals surface area (Å²) in [5, 5.41) is 3.95. The summed E-state index contributed by atoms with van der Waals surface area (Å²) < 4.78 is 28.6. The molecule has 3 rings (SSSR count). The zero-order chi connectivity index (χ0) is 29.4. The fourth-order valence-corrected chi connectivity index (χ4v) is 6.13. The van der Waals surface area contributed by atoms with Gasteiger partial charge in [0, 0.05) is 28.2 Å². The van der Waals surface area contributed by atoms with Crippen LogP contribution >= 0.6 is 34.8 Å². The van der Waals surface area contributed by atoms with Crippen LogP contribution in [0.5, 0.6) is 0 Å². The van der Waals surface area contributed by atoms with E-state index >= 15 is 0 Å². The number of hydrogen-bond acceptors (Lipinski definition) is 4. The van der Waals surface area contributed by atoms with Crippen LogP contribution < -0.4 is 9.62 Å². The molecule has 0 aliphatic heterocycles. The first kappa shape index (κ1) is 31.7. The minimum absolute atomic E-state index is 0.0109. The van der Waals surface area contributed by atoms with E-state index in [1.165, 1.54) is 23.1 Å². The van der Waals surface area contributed by atoms with Gasteiger partial charge in [0.05, 0.1) is 10.6 Å². The van der Waals surface area contributed by atoms with E-state index in [0.717, 1.165) is 4.31 Å². The van der Waals surface area contributed by atoms with Crippen LogP contribution in [0.4, 0.5) is 5.69 Å². The topological polar surface area (TPSA) is 86.8 Å². The Morgan fingerprint density at radius 1 is 0.900 bits per heavy atom. The van der Waals surface area contributed by atoms with Crippen LogP contribution in [0.3, 0.4) is 0 Å². The Morgan fingerprint density at radius 3 is 2.17 bits per heavy atom. The Bertz CT molecular complexity index is 1440. The molecular weight excluding hydrogens is 593 g/mol. The summed E-state index contributed by atoms with van der Waals surface area (Å²) in [7, 11) is -4.18. The first-order chi connectivity index (χ1) is 18.9. The van der Waals surface area contributed by atoms with Crippen molar-refractivity contribution < 1.29 is 18.0 Å². The van der Waals surface area contributed by atoms with Crippen LogP contribution in [-0.2, 0) is 26.2 Å². The van der Waals surface area contributed by atoms with Crippen molar-refractivity contribution in [3.63, 3.8) is 0 Å². The van der Waals surface area contributed by atoms with E-state index < -0.39 is 28.5 Å². The van der Waals surface area contributed by atoms with Crippen molar-refractivity contribution >= 4 is 62.3 Å². The molecule has 0 aliphatic rings. The molecule has 2 amide bonds. The molecule has 1 atom stereocenters. The van der Waals surface area contributed by atoms with Gasteiger partial charge in [0.25, 0.3) is 10.0 Å². The third-order valence-electron chi connectivity index (χ3n) is 6.13. The first-order valence-corrected chi connectivity index (χ1v) is 15.4. The van der Waals surface area contributed by atoms with Crippen LogP contribution in [0.2, 0.25) is 15.1 Å². The highest BCUT2D eigenvalue weighted by molar-refractivity contribution is 7.92. The summed E-state index contributed by atoms with van der Waals surface area (Å²) in [6.07, 6.45) is 0.295. The van der Waals surface area contributed by atoms with Gasteiger partial charge < -0.3 is 10.2 Å². The van der Waals surface area contributed by atoms with Crippen molar-refractivity contribution in [2.24, 2.45) is 5.92 Å². The number of halogens is 3. The Balaban J connectivity index is 2.06. The molecule has 0 bridgehead atoms. The second kappa shape index (κ2) is 14.2. The molecule has 40 heavy (non-hydrogen) atoms. The number of rotatable bonds is 12. The molecule has 0 heterocycles. The molecule has 0 saturated carbocycles. The van der Waals surface area contributed by atoms with Crippen LogP contribution in [0.15, 0.2) is 77.7 Å². The molecule has 0 saturated heterocycles. The summed E-state index contributed by atoms with van der Waals surface area (Å²) in [5.41, 5.74) is 0.779. The Morgan fingerprint density at radius 2 is 1.57 bits per heavy atom. The van der Waals surface area contributed by atoms with Crippen LogP contribution in [0, 0.1) is 5.92 Å². The molecule has 0 unspecified atom stereocenters. The van der Waals surface area contributed by atoms with Crippen LogP contribution in [0.25, 0.3) is 0 Å². The smallest absolute Gasteiger partial charge is 0.264 e. The minimum Gasteiger partial charge on any atom is -0.354 e. The van der Waals surface area contributed by atoms with Gasteiger partial charge in [0.15, 0.2) is 0 Å². The Hall–Kier alpha value is -2.78. The van der Waals surface area contributed by atoms with Gasteiger partial charge in [-0.05, 0) is 60.4 Å². The summed E-state index contributed by atoms with van der Waals surface area (Å²) in [4.78, 5) is 28.7. The van der Waals surface area contributed by atoms with E-state index in [2.05, 4.69) is 5.32 Å². The number of amides is 2. The zero-order valence-corrected chi connectivity index (χ0v) is 25.6. The standard InChI is InChI=1S/C29H32Cl3N3O4S/c1-4-27(29(37)33-17-20(2)3)34(18-21-13-14-23(31)16-26(21)32)28(36)19-35(24-10-8-9-22(30)15-24)40(38,39)25-11-6-5-7-12-25/h5-16,20,27H,4,17-19H2,1-3H3,(H,33,37)/t27-/m1/s1. The molecule has 11 heteroatoms. The van der Waals surface area contributed by atoms with E-state index in [9.17, 15) is 18.0 Å². The molecule has 0 aliphatic carbocycles. The summed E-state index contributed by atoms with van der Waals surface area (Å²) in [5.74, 6) is -0.724. The van der Waals surface area contributed by atoms with Crippen molar-refractivity contribution in [3.8, 4) is 0 Å². The number of carbonyl (C=O) groups is 2. The van der Waals surface area contributed by atoms with Crippen molar-refractivity contribution in [1.82, 2.24) is 10.2 Å². The summed E-state index contributed by atoms with van der Waals surface area (Å²) in [6.45, 7) is 5.55. The minimum atomic E-state index is -4.18. The molecule has 0 aromatic heterocycles. The normalized spacial score (nSPS) is 12.2. The number of benzene rings is 3. The van der Waals surface area contributed by atoms with Gasteiger partial charge in [-0.15, -0.1) is 0 Å². The largest absolute Gasteiger partial charge is 0.354 e. The maximum Gasteiger partial charge on any atom is 0.264 e. The predicted molar refractivity (Wildman–Crippen MR) is 161 cm³/mol. The van der Waals surface area contributed by atoms with Gasteiger partial charge >= 0.3 is 0 Å². The van der Waals surface area contributed by atoms with E-state index in [-0.39, 0.29) is 29.0 Å². The first-order valence-electron chi connectivity index (χ1n) is 12.8. The van der Waals surface area contributed by atoms with E-state index in [1.807, 2.05) is 13.8 Å². The van der Waals surface area contributed by atoms with Gasteiger partial charge in [0.1, 0.15) is 12.6 Å². The maximum absolute atomic E-state index is 14.1. The average Bonchev–Trinajstić information content (AvgIpc) is 2.91. The van der Waals surface area contributed by atoms with E-state index in [1.54, 1.807) is 61.5 Å². The molecule has 0 spiro atoms. The summed E-state index contributed by atoms with van der Waals surface area (Å²) >= 11 is 18.7. The number of nitrogens with zero attached hydrogens (tertiary/aromatic N) is 2. The Kier molecular flexibility index (Phi) is 11.3. The number of hydrogen-bond donors (Lipinski definition) is 1. The highest BCUT2D eigenvalue weighted by atomic mass is 35.5. The predicted octanol–water partition coefficient (Wildman–Crippen LogP) is 6.42. The van der Waals surface area contributed by atoms with Gasteiger partial charge in [-0.2, -0.15) is 0 Å². The van der Waals surface area contributed by atoms with Crippen molar-refractivity contribution in [3.05, 3.63) is 93.4 Å². The second-order valence-corrected chi connectivity index (χ2v) is 12.8. The number of nitrogens with one attached hydrogen (secondary N) is 1. The fourth-order valence-electron chi connectivity index (χ4n) is 4.06. The number of carbonyl (C=O) groups excluding carboxylic acids is 2. The van der Waals surface area contributed by atoms with Crippen molar-refractivity contribution in [2.45, 2.75) is 44.7 Å². The van der Waals surface area contributed by atoms with Crippen molar-refractivity contribution in [2.75, 3.05) is 17.4 Å². The monoisotopic (exact) mass is 623 g/mol. The zero-order valence-electron chi connectivity index (χ0n) is 22.5. The Labute approximate surface area is 251 Å².